The molecule has 1 aliphatic heterocycles. The maximum atomic E-state index is 12.3. The Morgan fingerprint density at radius 3 is 2.48 bits per heavy atom. The number of ether oxygens (including phenoxy) is 2. The Balaban J connectivity index is 2.71. The minimum Gasteiger partial charge on any atom is -0.465 e. The molecule has 2 rings (SSSR count). The van der Waals surface area contributed by atoms with Crippen LogP contribution in [0.4, 0.5) is 5.69 Å². The van der Waals surface area contributed by atoms with Gasteiger partial charge in [0.05, 0.1) is 25.5 Å². The molecule has 0 saturated carbocycles. The van der Waals surface area contributed by atoms with E-state index in [2.05, 4.69) is 22.6 Å². The lowest BCUT2D eigenvalue weighted by atomic mass is 10.1. The highest BCUT2D eigenvalue weighted by Crippen LogP contribution is 2.32. The molecule has 0 aromatic heterocycles. The van der Waals surface area contributed by atoms with Crippen LogP contribution in [0.25, 0.3) is 0 Å². The standard InChI is InChI=1S/C16H13ClINO4/c1-22-15(20)11-5-3-4-8-19(14(11)16(21)23-2)13-9-10(17)6-7-12(13)18/h3-9H,1-2H3. The molecule has 0 fully saturated rings. The van der Waals surface area contributed by atoms with Gasteiger partial charge in [0.25, 0.3) is 0 Å². The summed E-state index contributed by atoms with van der Waals surface area (Å²) in [4.78, 5) is 25.9. The predicted octanol–water partition coefficient (Wildman–Crippen LogP) is 3.43. The van der Waals surface area contributed by atoms with Crippen molar-refractivity contribution in [2.75, 3.05) is 19.1 Å². The Kier molecular flexibility index (Phi) is 5.84. The smallest absolute Gasteiger partial charge is 0.355 e. The fourth-order valence-corrected chi connectivity index (χ4v) is 2.78. The molecule has 7 heteroatoms. The number of halogens is 2. The molecule has 0 radical (unpaired) electrons. The Morgan fingerprint density at radius 1 is 1.13 bits per heavy atom. The summed E-state index contributed by atoms with van der Waals surface area (Å²) < 4.78 is 10.5. The number of carbonyl (C=O) groups is 2. The summed E-state index contributed by atoms with van der Waals surface area (Å²) in [7, 11) is 2.51. The van der Waals surface area contributed by atoms with Crippen molar-refractivity contribution in [1.29, 1.82) is 0 Å². The van der Waals surface area contributed by atoms with E-state index in [9.17, 15) is 9.59 Å². The summed E-state index contributed by atoms with van der Waals surface area (Å²) in [6, 6.07) is 5.27. The molecular weight excluding hydrogens is 433 g/mol. The van der Waals surface area contributed by atoms with Gasteiger partial charge in [-0.3, -0.25) is 0 Å². The van der Waals surface area contributed by atoms with E-state index in [1.54, 1.807) is 35.4 Å². The van der Waals surface area contributed by atoms with Crippen LogP contribution in [0.3, 0.4) is 0 Å². The van der Waals surface area contributed by atoms with Gasteiger partial charge < -0.3 is 14.4 Å². The first-order valence-corrected chi connectivity index (χ1v) is 7.95. The van der Waals surface area contributed by atoms with Crippen molar-refractivity contribution in [3.8, 4) is 0 Å². The highest BCUT2D eigenvalue weighted by Gasteiger charge is 2.28. The highest BCUT2D eigenvalue weighted by molar-refractivity contribution is 14.1. The van der Waals surface area contributed by atoms with Gasteiger partial charge in [-0.15, -0.1) is 0 Å². The number of nitrogens with zero attached hydrogens (tertiary/aromatic N) is 1. The monoisotopic (exact) mass is 445 g/mol. The van der Waals surface area contributed by atoms with Crippen molar-refractivity contribution in [1.82, 2.24) is 0 Å². The minimum atomic E-state index is -0.655. The molecule has 0 amide bonds. The van der Waals surface area contributed by atoms with Crippen molar-refractivity contribution in [3.05, 3.63) is 62.5 Å². The Labute approximate surface area is 152 Å². The van der Waals surface area contributed by atoms with Crippen LogP contribution in [-0.2, 0) is 19.1 Å². The SMILES string of the molecule is COC(=O)C1=C(C(=O)OC)N(c2cc(Cl)ccc2I)C=CC=C1. The summed E-state index contributed by atoms with van der Waals surface area (Å²) in [5.41, 5.74) is 0.810. The van der Waals surface area contributed by atoms with Gasteiger partial charge in [0, 0.05) is 14.8 Å². The molecule has 0 atom stereocenters. The van der Waals surface area contributed by atoms with E-state index in [0.717, 1.165) is 3.57 Å². The maximum Gasteiger partial charge on any atom is 0.355 e. The fourth-order valence-electron chi connectivity index (χ4n) is 2.02. The molecule has 23 heavy (non-hydrogen) atoms. The van der Waals surface area contributed by atoms with Crippen molar-refractivity contribution in [2.24, 2.45) is 0 Å². The van der Waals surface area contributed by atoms with E-state index in [-0.39, 0.29) is 11.3 Å². The molecule has 0 bridgehead atoms. The van der Waals surface area contributed by atoms with Crippen molar-refractivity contribution >= 4 is 51.8 Å². The fraction of sp³-hybridized carbons (Fsp3) is 0.125. The lowest BCUT2D eigenvalue weighted by molar-refractivity contribution is -0.139. The molecule has 0 unspecified atom stereocenters. The lowest BCUT2D eigenvalue weighted by Crippen LogP contribution is -2.27. The molecular formula is C16H13ClINO4. The summed E-state index contributed by atoms with van der Waals surface area (Å²) in [5, 5.41) is 0.509. The zero-order chi connectivity index (χ0) is 17.0. The van der Waals surface area contributed by atoms with E-state index in [4.69, 9.17) is 21.1 Å². The number of carbonyl (C=O) groups excluding carboxylic acids is 2. The van der Waals surface area contributed by atoms with Crippen LogP contribution >= 0.6 is 34.2 Å². The molecule has 0 saturated heterocycles. The first-order valence-electron chi connectivity index (χ1n) is 6.49. The summed E-state index contributed by atoms with van der Waals surface area (Å²) in [5.74, 6) is -1.29. The predicted molar refractivity (Wildman–Crippen MR) is 96.0 cm³/mol. The first kappa shape index (κ1) is 17.6. The average molecular weight is 446 g/mol. The molecule has 1 aromatic carbocycles. The number of allylic oxidation sites excluding steroid dienone is 2. The van der Waals surface area contributed by atoms with Crippen LogP contribution in [-0.4, -0.2) is 26.2 Å². The molecule has 1 heterocycles. The van der Waals surface area contributed by atoms with E-state index in [0.29, 0.717) is 10.7 Å². The van der Waals surface area contributed by atoms with Gasteiger partial charge in [0.2, 0.25) is 0 Å². The van der Waals surface area contributed by atoms with E-state index >= 15 is 0 Å². The second-order valence-electron chi connectivity index (χ2n) is 4.41. The number of rotatable bonds is 3. The van der Waals surface area contributed by atoms with Gasteiger partial charge in [0.1, 0.15) is 5.70 Å². The van der Waals surface area contributed by atoms with Crippen molar-refractivity contribution < 1.29 is 19.1 Å². The molecule has 1 aliphatic rings. The molecule has 1 aromatic rings. The van der Waals surface area contributed by atoms with Crippen LogP contribution < -0.4 is 4.90 Å². The number of methoxy groups -OCH3 is 2. The third-order valence-electron chi connectivity index (χ3n) is 3.06. The number of hydrogen-bond donors (Lipinski definition) is 0. The van der Waals surface area contributed by atoms with Crippen LogP contribution in [0.2, 0.25) is 5.02 Å². The van der Waals surface area contributed by atoms with Gasteiger partial charge >= 0.3 is 11.9 Å². The van der Waals surface area contributed by atoms with Gasteiger partial charge in [-0.25, -0.2) is 9.59 Å². The average Bonchev–Trinajstić information content (AvgIpc) is 2.78. The maximum absolute atomic E-state index is 12.3. The third-order valence-corrected chi connectivity index (χ3v) is 4.20. The number of benzene rings is 1. The van der Waals surface area contributed by atoms with Crippen molar-refractivity contribution in [3.63, 3.8) is 0 Å². The van der Waals surface area contributed by atoms with E-state index < -0.39 is 11.9 Å². The van der Waals surface area contributed by atoms with Crippen LogP contribution in [0, 0.1) is 3.57 Å². The van der Waals surface area contributed by atoms with E-state index in [1.165, 1.54) is 20.3 Å². The molecule has 0 aliphatic carbocycles. The normalized spacial score (nSPS) is 13.8. The summed E-state index contributed by atoms with van der Waals surface area (Å²) >= 11 is 8.20. The topological polar surface area (TPSA) is 55.8 Å². The Hall–Kier alpha value is -1.80. The lowest BCUT2D eigenvalue weighted by Gasteiger charge is -2.24. The summed E-state index contributed by atoms with van der Waals surface area (Å²) in [6.45, 7) is 0. The minimum absolute atomic E-state index is 0.0598. The molecule has 0 N–H and O–H groups in total. The second-order valence-corrected chi connectivity index (χ2v) is 6.01. The summed E-state index contributed by atoms with van der Waals surface area (Å²) in [6.07, 6.45) is 6.51. The number of hydrogen-bond acceptors (Lipinski definition) is 5. The highest BCUT2D eigenvalue weighted by atomic mass is 127. The van der Waals surface area contributed by atoms with Gasteiger partial charge in [-0.2, -0.15) is 0 Å². The largest absolute Gasteiger partial charge is 0.465 e. The van der Waals surface area contributed by atoms with Crippen molar-refractivity contribution in [2.45, 2.75) is 0 Å². The third kappa shape index (κ3) is 3.76. The van der Waals surface area contributed by atoms with Gasteiger partial charge in [-0.05, 0) is 52.9 Å². The second kappa shape index (κ2) is 7.65. The number of anilines is 1. The Bertz CT molecular complexity index is 740. The zero-order valence-corrected chi connectivity index (χ0v) is 15.3. The van der Waals surface area contributed by atoms with E-state index in [1.807, 2.05) is 6.07 Å². The zero-order valence-electron chi connectivity index (χ0n) is 12.4. The molecule has 0 spiro atoms. The molecule has 5 nitrogen and oxygen atoms in total. The quantitative estimate of drug-likeness (QED) is 0.527. The number of esters is 2. The van der Waals surface area contributed by atoms with Gasteiger partial charge in [0.15, 0.2) is 0 Å². The molecule has 120 valence electrons. The van der Waals surface area contributed by atoms with Crippen LogP contribution in [0.15, 0.2) is 53.9 Å². The Morgan fingerprint density at radius 2 is 1.83 bits per heavy atom. The van der Waals surface area contributed by atoms with Crippen LogP contribution in [0.5, 0.6) is 0 Å². The first-order chi connectivity index (χ1) is 11.0. The van der Waals surface area contributed by atoms with Crippen LogP contribution in [0.1, 0.15) is 0 Å². The van der Waals surface area contributed by atoms with Gasteiger partial charge in [-0.1, -0.05) is 17.7 Å².